The van der Waals surface area contributed by atoms with Gasteiger partial charge in [-0.05, 0) is 62.6 Å². The number of nitrogens with zero attached hydrogens (tertiary/aromatic N) is 2. The molecule has 0 radical (unpaired) electrons. The highest BCUT2D eigenvalue weighted by molar-refractivity contribution is 7.16. The normalized spacial score (nSPS) is 10.9. The topological polar surface area (TPSA) is 34.6 Å². The molecule has 0 atom stereocenters. The van der Waals surface area contributed by atoms with Crippen LogP contribution in [0.5, 0.6) is 11.5 Å². The van der Waals surface area contributed by atoms with Gasteiger partial charge in [0.1, 0.15) is 11.5 Å². The summed E-state index contributed by atoms with van der Waals surface area (Å²) in [6, 6.07) is 10.1. The molecule has 0 aliphatic rings. The summed E-state index contributed by atoms with van der Waals surface area (Å²) in [4.78, 5) is 8.36. The average molecular weight is 431 g/mol. The fourth-order valence-corrected chi connectivity index (χ4v) is 4.57. The summed E-state index contributed by atoms with van der Waals surface area (Å²) in [6.45, 7) is 9.21. The fraction of sp³-hybridized carbons (Fsp3) is 0.348. The molecule has 0 saturated carbocycles. The zero-order chi connectivity index (χ0) is 21.1. The maximum Gasteiger partial charge on any atom is 0.190 e. The van der Waals surface area contributed by atoms with Gasteiger partial charge in [0.15, 0.2) is 5.13 Å². The molecule has 154 valence electrons. The molecule has 1 aromatic heterocycles. The third kappa shape index (κ3) is 4.36. The highest BCUT2D eigenvalue weighted by Crippen LogP contribution is 2.42. The lowest BCUT2D eigenvalue weighted by Crippen LogP contribution is -2.18. The van der Waals surface area contributed by atoms with Crippen LogP contribution >= 0.6 is 22.9 Å². The third-order valence-electron chi connectivity index (χ3n) is 4.83. The van der Waals surface area contributed by atoms with Crippen LogP contribution in [-0.2, 0) is 0 Å². The summed E-state index contributed by atoms with van der Waals surface area (Å²) in [5, 5.41) is 1.58. The minimum atomic E-state index is 0.641. The molecule has 0 saturated heterocycles. The predicted molar refractivity (Wildman–Crippen MR) is 124 cm³/mol. The predicted octanol–water partition coefficient (Wildman–Crippen LogP) is 6.95. The summed E-state index contributed by atoms with van der Waals surface area (Å²) < 4.78 is 11.0. The monoisotopic (exact) mass is 430 g/mol. The van der Waals surface area contributed by atoms with Crippen molar-refractivity contribution in [1.29, 1.82) is 0 Å². The second kappa shape index (κ2) is 9.06. The quantitative estimate of drug-likeness (QED) is 0.406. The Kier molecular flexibility index (Phi) is 6.70. The maximum absolute atomic E-state index is 6.57. The molecule has 0 aliphatic heterocycles. The molecule has 3 aromatic rings. The van der Waals surface area contributed by atoms with Crippen LogP contribution in [0.25, 0.3) is 11.3 Å². The Bertz CT molecular complexity index is 1020. The van der Waals surface area contributed by atoms with Gasteiger partial charge in [-0.2, -0.15) is 0 Å². The third-order valence-corrected chi connectivity index (χ3v) is 6.13. The molecule has 6 heteroatoms. The van der Waals surface area contributed by atoms with Crippen molar-refractivity contribution in [3.63, 3.8) is 0 Å². The number of hydrogen-bond acceptors (Lipinski definition) is 5. The number of ether oxygens (including phenoxy) is 2. The van der Waals surface area contributed by atoms with Crippen LogP contribution in [0.3, 0.4) is 0 Å². The van der Waals surface area contributed by atoms with E-state index in [1.165, 1.54) is 5.56 Å². The smallest absolute Gasteiger partial charge is 0.190 e. The van der Waals surface area contributed by atoms with Gasteiger partial charge in [-0.25, -0.2) is 4.98 Å². The molecule has 0 amide bonds. The molecule has 0 N–H and O–H groups in total. The van der Waals surface area contributed by atoms with Crippen molar-refractivity contribution in [2.75, 3.05) is 25.7 Å². The van der Waals surface area contributed by atoms with Crippen molar-refractivity contribution >= 4 is 33.8 Å². The Morgan fingerprint density at radius 1 is 1.03 bits per heavy atom. The van der Waals surface area contributed by atoms with Crippen LogP contribution in [0.1, 0.15) is 29.3 Å². The van der Waals surface area contributed by atoms with E-state index in [-0.39, 0.29) is 0 Å². The van der Waals surface area contributed by atoms with Gasteiger partial charge < -0.3 is 14.4 Å². The highest BCUT2D eigenvalue weighted by atomic mass is 35.5. The maximum atomic E-state index is 6.57. The molecule has 0 aliphatic carbocycles. The van der Waals surface area contributed by atoms with Gasteiger partial charge in [-0.15, -0.1) is 11.3 Å². The van der Waals surface area contributed by atoms with Crippen molar-refractivity contribution in [1.82, 2.24) is 4.98 Å². The van der Waals surface area contributed by atoms with Gasteiger partial charge in [-0.3, -0.25) is 0 Å². The number of anilines is 2. The van der Waals surface area contributed by atoms with Crippen molar-refractivity contribution in [3.05, 3.63) is 51.4 Å². The summed E-state index contributed by atoms with van der Waals surface area (Å²) >= 11 is 8.24. The number of aromatic nitrogens is 1. The first kappa shape index (κ1) is 21.5. The Morgan fingerprint density at radius 3 is 2.41 bits per heavy atom. The van der Waals surface area contributed by atoms with E-state index in [9.17, 15) is 0 Å². The molecule has 29 heavy (non-hydrogen) atoms. The lowest BCUT2D eigenvalue weighted by Gasteiger charge is -2.24. The largest absolute Gasteiger partial charge is 0.496 e. The first-order valence-electron chi connectivity index (χ1n) is 9.63. The van der Waals surface area contributed by atoms with Crippen LogP contribution in [0.4, 0.5) is 10.8 Å². The Morgan fingerprint density at radius 2 is 1.76 bits per heavy atom. The Hall–Kier alpha value is -2.24. The number of thiazole rings is 1. The van der Waals surface area contributed by atoms with E-state index >= 15 is 0 Å². The van der Waals surface area contributed by atoms with Crippen molar-refractivity contribution in [3.8, 4) is 22.8 Å². The van der Waals surface area contributed by atoms with E-state index in [2.05, 4.69) is 37.8 Å². The molecular weight excluding hydrogens is 404 g/mol. The summed E-state index contributed by atoms with van der Waals surface area (Å²) in [5.41, 5.74) is 5.09. The molecule has 4 nitrogen and oxygen atoms in total. The van der Waals surface area contributed by atoms with E-state index in [1.54, 1.807) is 25.6 Å². The van der Waals surface area contributed by atoms with Gasteiger partial charge >= 0.3 is 0 Å². The van der Waals surface area contributed by atoms with E-state index in [4.69, 9.17) is 26.1 Å². The molecular formula is C23H27ClN2O2S. The lowest BCUT2D eigenvalue weighted by atomic mass is 10.1. The standard InChI is InChI=1S/C23H27ClN2O2S/c1-7-10-26(19-11-14(2)8-9-20(19)27-5)23-25-22(16(4)29-23)17-12-15(3)21(28-6)13-18(17)24/h8-9,11-13H,7,10H2,1-6H3. The van der Waals surface area contributed by atoms with Gasteiger partial charge in [-0.1, -0.05) is 24.6 Å². The van der Waals surface area contributed by atoms with Gasteiger partial charge in [0.2, 0.25) is 0 Å². The number of hydrogen-bond donors (Lipinski definition) is 0. The number of halogens is 1. The van der Waals surface area contributed by atoms with Crippen LogP contribution < -0.4 is 14.4 Å². The van der Waals surface area contributed by atoms with Crippen molar-refractivity contribution in [2.24, 2.45) is 0 Å². The summed E-state index contributed by atoms with van der Waals surface area (Å²) in [5.74, 6) is 1.63. The fourth-order valence-electron chi connectivity index (χ4n) is 3.37. The SMILES string of the molecule is CCCN(c1nc(-c2cc(C)c(OC)cc2Cl)c(C)s1)c1cc(C)ccc1OC. The van der Waals surface area contributed by atoms with Crippen LogP contribution in [0.15, 0.2) is 30.3 Å². The number of rotatable bonds is 7. The number of benzene rings is 2. The van der Waals surface area contributed by atoms with Crippen LogP contribution in [0.2, 0.25) is 5.02 Å². The second-order valence-corrected chi connectivity index (χ2v) is 8.62. The van der Waals surface area contributed by atoms with E-state index in [1.807, 2.05) is 25.1 Å². The molecule has 0 unspecified atom stereocenters. The van der Waals surface area contributed by atoms with Gasteiger partial charge in [0, 0.05) is 17.0 Å². The zero-order valence-electron chi connectivity index (χ0n) is 17.8. The van der Waals surface area contributed by atoms with E-state index < -0.39 is 0 Å². The number of methoxy groups -OCH3 is 2. The lowest BCUT2D eigenvalue weighted by molar-refractivity contribution is 0.412. The summed E-state index contributed by atoms with van der Waals surface area (Å²) in [7, 11) is 3.36. The average Bonchev–Trinajstić information content (AvgIpc) is 3.08. The molecule has 0 bridgehead atoms. The molecule has 1 heterocycles. The van der Waals surface area contributed by atoms with Gasteiger partial charge in [0.05, 0.1) is 30.6 Å². The van der Waals surface area contributed by atoms with E-state index in [0.717, 1.165) is 57.0 Å². The molecule has 3 rings (SSSR count). The van der Waals surface area contributed by atoms with Crippen molar-refractivity contribution in [2.45, 2.75) is 34.1 Å². The first-order chi connectivity index (χ1) is 13.9. The second-order valence-electron chi connectivity index (χ2n) is 7.03. The van der Waals surface area contributed by atoms with Gasteiger partial charge in [0.25, 0.3) is 0 Å². The van der Waals surface area contributed by atoms with Crippen LogP contribution in [0, 0.1) is 20.8 Å². The molecule has 0 spiro atoms. The minimum Gasteiger partial charge on any atom is -0.496 e. The first-order valence-corrected chi connectivity index (χ1v) is 10.8. The zero-order valence-corrected chi connectivity index (χ0v) is 19.4. The van der Waals surface area contributed by atoms with Crippen molar-refractivity contribution < 1.29 is 9.47 Å². The Balaban J connectivity index is 2.11. The van der Waals surface area contributed by atoms with Crippen LogP contribution in [-0.4, -0.2) is 25.7 Å². The number of aryl methyl sites for hydroxylation is 3. The highest BCUT2D eigenvalue weighted by Gasteiger charge is 2.21. The summed E-state index contributed by atoms with van der Waals surface area (Å²) in [6.07, 6.45) is 0.994. The minimum absolute atomic E-state index is 0.641. The Labute approximate surface area is 182 Å². The molecule has 0 fully saturated rings. The van der Waals surface area contributed by atoms with E-state index in [0.29, 0.717) is 5.02 Å². The molecule has 2 aromatic carbocycles.